The minimum absolute atomic E-state index is 0.651. The second kappa shape index (κ2) is 19.8. The van der Waals surface area contributed by atoms with E-state index in [1.807, 2.05) is 0 Å². The van der Waals surface area contributed by atoms with Gasteiger partial charge >= 0.3 is 0 Å². The van der Waals surface area contributed by atoms with Gasteiger partial charge in [-0.2, -0.15) is 0 Å². The summed E-state index contributed by atoms with van der Waals surface area (Å²) in [7, 11) is 0. The van der Waals surface area contributed by atoms with Crippen molar-refractivity contribution >= 4 is 0 Å². The van der Waals surface area contributed by atoms with E-state index in [0.717, 1.165) is 89.3 Å². The number of hydrogen-bond donors (Lipinski definition) is 0. The molecular weight excluding hydrogens is 869 g/mol. The van der Waals surface area contributed by atoms with Gasteiger partial charge in [-0.1, -0.05) is 279 Å². The van der Waals surface area contributed by atoms with Gasteiger partial charge in [0.15, 0.2) is 5.82 Å². The molecule has 1 heterocycles. The fourth-order valence-corrected chi connectivity index (χ4v) is 10.1. The Kier molecular flexibility index (Phi) is 12.1. The minimum Gasteiger partial charge on any atom is -0.228 e. The predicted molar refractivity (Wildman–Crippen MR) is 302 cm³/mol. The molecule has 0 aliphatic carbocycles. The van der Waals surface area contributed by atoms with Crippen LogP contribution < -0.4 is 0 Å². The molecule has 12 aromatic rings. The average molecular weight is 917 g/mol. The van der Waals surface area contributed by atoms with E-state index in [1.54, 1.807) is 0 Å². The molecule has 0 aliphatic heterocycles. The van der Waals surface area contributed by atoms with Gasteiger partial charge < -0.3 is 0 Å². The van der Waals surface area contributed by atoms with Gasteiger partial charge in [0.1, 0.15) is 0 Å². The van der Waals surface area contributed by atoms with Crippen LogP contribution in [0, 0.1) is 0 Å². The summed E-state index contributed by atoms with van der Waals surface area (Å²) < 4.78 is 0. The Labute approximate surface area is 421 Å². The number of aromatic nitrogens is 2. The Morgan fingerprint density at radius 1 is 0.153 bits per heavy atom. The number of rotatable bonds is 11. The maximum Gasteiger partial charge on any atom is 0.160 e. The zero-order valence-electron chi connectivity index (χ0n) is 39.6. The smallest absolute Gasteiger partial charge is 0.160 e. The zero-order chi connectivity index (χ0) is 48.1. The number of benzene rings is 11. The quantitative estimate of drug-likeness (QED) is 0.129. The monoisotopic (exact) mass is 916 g/mol. The molecule has 338 valence electrons. The molecule has 0 amide bonds. The normalized spacial score (nSPS) is 11.1. The zero-order valence-corrected chi connectivity index (χ0v) is 39.6. The molecule has 2 nitrogen and oxygen atoms in total. The van der Waals surface area contributed by atoms with Crippen LogP contribution in [-0.2, 0) is 0 Å². The van der Waals surface area contributed by atoms with Gasteiger partial charge in [0.25, 0.3) is 0 Å². The third-order valence-corrected chi connectivity index (χ3v) is 13.5. The standard InChI is InChI=1S/C70H48N2/c1-8-23-49(24-9-1)51-39-43-53(44-40-51)62-48-63(54-45-41-52(42-46-54)50-25-10-2-11-26-50)72-70(71-62)61-38-22-37-60(47-61)69-67(58-33-18-6-19-34-58)65(56-29-14-4-15-30-56)64(55-27-12-3-13-28-55)66(57-31-16-5-17-32-57)68(69)59-35-20-7-21-36-59/h1-48H. The molecule has 72 heavy (non-hydrogen) atoms. The van der Waals surface area contributed by atoms with Crippen LogP contribution in [0.3, 0.4) is 0 Å². The Bertz CT molecular complexity index is 3560. The first kappa shape index (κ1) is 43.8. The highest BCUT2D eigenvalue weighted by Crippen LogP contribution is 2.56. The molecule has 11 aromatic carbocycles. The van der Waals surface area contributed by atoms with E-state index >= 15 is 0 Å². The lowest BCUT2D eigenvalue weighted by molar-refractivity contribution is 1.18. The van der Waals surface area contributed by atoms with Crippen LogP contribution in [0.1, 0.15) is 0 Å². The highest BCUT2D eigenvalue weighted by atomic mass is 14.9. The van der Waals surface area contributed by atoms with Crippen LogP contribution in [0.5, 0.6) is 0 Å². The molecule has 0 radical (unpaired) electrons. The molecule has 0 spiro atoms. The van der Waals surface area contributed by atoms with Gasteiger partial charge in [0.2, 0.25) is 0 Å². The first-order valence-corrected chi connectivity index (χ1v) is 24.6. The molecular formula is C70H48N2. The fourth-order valence-electron chi connectivity index (χ4n) is 10.1. The van der Waals surface area contributed by atoms with E-state index in [2.05, 4.69) is 291 Å². The lowest BCUT2D eigenvalue weighted by atomic mass is 9.74. The van der Waals surface area contributed by atoms with Gasteiger partial charge in [0.05, 0.1) is 11.4 Å². The van der Waals surface area contributed by atoms with Gasteiger partial charge in [0, 0.05) is 16.7 Å². The molecule has 0 atom stereocenters. The van der Waals surface area contributed by atoms with Crippen LogP contribution >= 0.6 is 0 Å². The molecule has 0 N–H and O–H groups in total. The second-order valence-corrected chi connectivity index (χ2v) is 18.0. The second-order valence-electron chi connectivity index (χ2n) is 18.0. The van der Waals surface area contributed by atoms with Crippen LogP contribution in [0.25, 0.3) is 123 Å². The van der Waals surface area contributed by atoms with Crippen molar-refractivity contribution in [3.05, 3.63) is 291 Å². The van der Waals surface area contributed by atoms with E-state index < -0.39 is 0 Å². The summed E-state index contributed by atoms with van der Waals surface area (Å²) >= 11 is 0. The first-order valence-electron chi connectivity index (χ1n) is 24.6. The summed E-state index contributed by atoms with van der Waals surface area (Å²) in [6.45, 7) is 0. The summed E-state index contributed by atoms with van der Waals surface area (Å²) in [6.07, 6.45) is 0. The minimum atomic E-state index is 0.651. The Morgan fingerprint density at radius 3 is 0.681 bits per heavy atom. The van der Waals surface area contributed by atoms with E-state index in [-0.39, 0.29) is 0 Å². The highest BCUT2D eigenvalue weighted by molar-refractivity contribution is 6.15. The van der Waals surface area contributed by atoms with Crippen molar-refractivity contribution in [3.8, 4) is 123 Å². The third-order valence-electron chi connectivity index (χ3n) is 13.5. The lowest BCUT2D eigenvalue weighted by Gasteiger charge is -2.29. The summed E-state index contributed by atoms with van der Waals surface area (Å²) in [5, 5.41) is 0. The molecule has 0 saturated carbocycles. The molecule has 0 fully saturated rings. The van der Waals surface area contributed by atoms with Gasteiger partial charge in [-0.3, -0.25) is 0 Å². The topological polar surface area (TPSA) is 25.8 Å². The van der Waals surface area contributed by atoms with E-state index in [4.69, 9.17) is 9.97 Å². The molecule has 1 aromatic heterocycles. The van der Waals surface area contributed by atoms with E-state index in [0.29, 0.717) is 5.82 Å². The molecule has 0 unspecified atom stereocenters. The van der Waals surface area contributed by atoms with Crippen molar-refractivity contribution in [1.29, 1.82) is 0 Å². The Hall–Kier alpha value is -9.50. The van der Waals surface area contributed by atoms with Crippen molar-refractivity contribution < 1.29 is 0 Å². The SMILES string of the molecule is c1ccc(-c2ccc(-c3cc(-c4ccc(-c5ccccc5)cc4)nc(-c4cccc(-c5c(-c6ccccc6)c(-c6ccccc6)c(-c6ccccc6)c(-c6ccccc6)c5-c5ccccc5)c4)n3)cc2)cc1. The summed E-state index contributed by atoms with van der Waals surface area (Å²) in [5.41, 5.74) is 23.1. The maximum absolute atomic E-state index is 5.44. The van der Waals surface area contributed by atoms with Crippen LogP contribution in [0.15, 0.2) is 291 Å². The van der Waals surface area contributed by atoms with Crippen molar-refractivity contribution in [2.24, 2.45) is 0 Å². The molecule has 0 saturated heterocycles. The van der Waals surface area contributed by atoms with Crippen LogP contribution in [0.2, 0.25) is 0 Å². The molecule has 2 heteroatoms. The van der Waals surface area contributed by atoms with Gasteiger partial charge in [-0.15, -0.1) is 0 Å². The Balaban J connectivity index is 1.13. The van der Waals surface area contributed by atoms with Gasteiger partial charge in [-0.05, 0) is 101 Å². The van der Waals surface area contributed by atoms with Crippen molar-refractivity contribution in [2.45, 2.75) is 0 Å². The van der Waals surface area contributed by atoms with Crippen molar-refractivity contribution in [2.75, 3.05) is 0 Å². The number of nitrogens with zero attached hydrogens (tertiary/aromatic N) is 2. The predicted octanol–water partition coefficient (Wildman–Crippen LogP) is 18.8. The highest BCUT2D eigenvalue weighted by Gasteiger charge is 2.29. The molecule has 12 rings (SSSR count). The maximum atomic E-state index is 5.44. The van der Waals surface area contributed by atoms with E-state index in [9.17, 15) is 0 Å². The lowest BCUT2D eigenvalue weighted by Crippen LogP contribution is -2.02. The van der Waals surface area contributed by atoms with Crippen LogP contribution in [-0.4, -0.2) is 9.97 Å². The summed E-state index contributed by atoms with van der Waals surface area (Å²) in [5.74, 6) is 0.651. The van der Waals surface area contributed by atoms with Gasteiger partial charge in [-0.25, -0.2) is 9.97 Å². The first-order chi connectivity index (χ1) is 35.7. The Morgan fingerprint density at radius 2 is 0.375 bits per heavy atom. The van der Waals surface area contributed by atoms with E-state index in [1.165, 1.54) is 27.8 Å². The number of hydrogen-bond acceptors (Lipinski definition) is 2. The fraction of sp³-hybridized carbons (Fsp3) is 0. The molecule has 0 aliphatic rings. The average Bonchev–Trinajstić information content (AvgIpc) is 3.48. The summed E-state index contributed by atoms with van der Waals surface area (Å²) in [6, 6.07) is 104. The van der Waals surface area contributed by atoms with Crippen LogP contribution in [0.4, 0.5) is 0 Å². The molecule has 0 bridgehead atoms. The third kappa shape index (κ3) is 8.75. The summed E-state index contributed by atoms with van der Waals surface area (Å²) in [4.78, 5) is 10.9. The van der Waals surface area contributed by atoms with Crippen molar-refractivity contribution in [3.63, 3.8) is 0 Å². The van der Waals surface area contributed by atoms with Crippen molar-refractivity contribution in [1.82, 2.24) is 9.97 Å². The largest absolute Gasteiger partial charge is 0.228 e.